The lowest BCUT2D eigenvalue weighted by Crippen LogP contribution is -2.49. The van der Waals surface area contributed by atoms with Gasteiger partial charge in [-0.05, 0) is 37.8 Å². The van der Waals surface area contributed by atoms with Crippen molar-refractivity contribution >= 4 is 5.91 Å². The zero-order chi connectivity index (χ0) is 17.6. The molecule has 0 radical (unpaired) electrons. The smallest absolute Gasteiger partial charge is 0.254 e. The first-order valence-corrected chi connectivity index (χ1v) is 8.41. The second kappa shape index (κ2) is 5.91. The summed E-state index contributed by atoms with van der Waals surface area (Å²) in [5.41, 5.74) is -0.476. The third kappa shape index (κ3) is 2.93. The number of halogens is 2. The van der Waals surface area contributed by atoms with Crippen molar-refractivity contribution in [3.05, 3.63) is 41.3 Å². The van der Waals surface area contributed by atoms with E-state index in [2.05, 4.69) is 4.98 Å². The normalized spacial score (nSPS) is 19.1. The van der Waals surface area contributed by atoms with Crippen molar-refractivity contribution in [1.82, 2.24) is 9.88 Å². The van der Waals surface area contributed by atoms with E-state index in [1.807, 2.05) is 0 Å². The minimum Gasteiger partial charge on any atom is -0.441 e. The van der Waals surface area contributed by atoms with Crippen LogP contribution in [0, 0.1) is 11.6 Å². The third-order valence-electron chi connectivity index (χ3n) is 4.95. The summed E-state index contributed by atoms with van der Waals surface area (Å²) in [6.07, 6.45) is 3.13. The van der Waals surface area contributed by atoms with Crippen LogP contribution in [0.4, 0.5) is 8.78 Å². The molecule has 0 bridgehead atoms. The minimum atomic E-state index is -1.27. The first-order chi connectivity index (χ1) is 11.9. The highest BCUT2D eigenvalue weighted by Gasteiger charge is 2.42. The fourth-order valence-corrected chi connectivity index (χ4v) is 3.64. The molecule has 1 aliphatic carbocycles. The molecule has 2 aliphatic rings. The molecule has 1 N–H and O–H groups in total. The van der Waals surface area contributed by atoms with Gasteiger partial charge in [0.25, 0.3) is 5.91 Å². The fraction of sp³-hybridized carbons (Fsp3) is 0.444. The van der Waals surface area contributed by atoms with Gasteiger partial charge in [-0.3, -0.25) is 4.79 Å². The molecule has 1 aromatic heterocycles. The van der Waals surface area contributed by atoms with Crippen LogP contribution in [0.2, 0.25) is 0 Å². The molecular formula is C18H18F2N2O3. The van der Waals surface area contributed by atoms with E-state index in [1.165, 1.54) is 0 Å². The Balaban J connectivity index is 1.58. The molecule has 1 fully saturated rings. The van der Waals surface area contributed by atoms with Gasteiger partial charge < -0.3 is 14.4 Å². The maximum atomic E-state index is 13.4. The molecule has 1 aromatic carbocycles. The molecule has 4 rings (SSSR count). The predicted molar refractivity (Wildman–Crippen MR) is 84.4 cm³/mol. The lowest BCUT2D eigenvalue weighted by Gasteiger charge is -2.32. The number of carbonyl (C=O) groups is 1. The molecule has 1 saturated carbocycles. The van der Waals surface area contributed by atoms with Crippen LogP contribution in [0.25, 0.3) is 11.5 Å². The summed E-state index contributed by atoms with van der Waals surface area (Å²) in [4.78, 5) is 18.5. The average molecular weight is 348 g/mol. The molecule has 0 spiro atoms. The number of aliphatic hydroxyl groups is 1. The van der Waals surface area contributed by atoms with Crippen molar-refractivity contribution in [3.8, 4) is 11.5 Å². The molecule has 2 aromatic rings. The van der Waals surface area contributed by atoms with Gasteiger partial charge in [0.1, 0.15) is 28.7 Å². The van der Waals surface area contributed by atoms with Crippen molar-refractivity contribution in [1.29, 1.82) is 0 Å². The van der Waals surface area contributed by atoms with Gasteiger partial charge in [-0.1, -0.05) is 0 Å². The molecule has 2 heterocycles. The van der Waals surface area contributed by atoms with Crippen molar-refractivity contribution in [2.24, 2.45) is 0 Å². The Bertz CT molecular complexity index is 807. The monoisotopic (exact) mass is 348 g/mol. The summed E-state index contributed by atoms with van der Waals surface area (Å²) in [5.74, 6) is -0.922. The molecular weight excluding hydrogens is 330 g/mol. The summed E-state index contributed by atoms with van der Waals surface area (Å²) in [5, 5.41) is 10.5. The molecule has 0 unspecified atom stereocenters. The number of hydrogen-bond acceptors (Lipinski definition) is 4. The Kier molecular flexibility index (Phi) is 3.83. The molecule has 0 saturated heterocycles. The zero-order valence-corrected chi connectivity index (χ0v) is 13.6. The highest BCUT2D eigenvalue weighted by Crippen LogP contribution is 2.33. The van der Waals surface area contributed by atoms with E-state index in [9.17, 15) is 18.7 Å². The Hall–Kier alpha value is -2.28. The SMILES string of the molecule is O=C(N1CCc2oc(-c3cc(F)cc(F)c3)nc2C1)C1(O)CCCC1. The van der Waals surface area contributed by atoms with Gasteiger partial charge in [-0.2, -0.15) is 0 Å². The van der Waals surface area contributed by atoms with Crippen LogP contribution in [0.3, 0.4) is 0 Å². The van der Waals surface area contributed by atoms with Crippen LogP contribution < -0.4 is 0 Å². The second-order valence-electron chi connectivity index (χ2n) is 6.76. The van der Waals surface area contributed by atoms with Crippen LogP contribution >= 0.6 is 0 Å². The summed E-state index contributed by atoms with van der Waals surface area (Å²) < 4.78 is 32.4. The van der Waals surface area contributed by atoms with Crippen molar-refractivity contribution in [2.45, 2.75) is 44.2 Å². The third-order valence-corrected chi connectivity index (χ3v) is 4.95. The highest BCUT2D eigenvalue weighted by molar-refractivity contribution is 5.85. The summed E-state index contributed by atoms with van der Waals surface area (Å²) >= 11 is 0. The maximum absolute atomic E-state index is 13.4. The van der Waals surface area contributed by atoms with Crippen LogP contribution in [-0.2, 0) is 17.8 Å². The number of oxazole rings is 1. The van der Waals surface area contributed by atoms with Gasteiger partial charge in [-0.25, -0.2) is 13.8 Å². The maximum Gasteiger partial charge on any atom is 0.254 e. The summed E-state index contributed by atoms with van der Waals surface area (Å²) in [6, 6.07) is 3.10. The number of amides is 1. The number of carbonyl (C=O) groups excluding carboxylic acids is 1. The van der Waals surface area contributed by atoms with Crippen molar-refractivity contribution < 1.29 is 23.1 Å². The zero-order valence-electron chi connectivity index (χ0n) is 13.6. The molecule has 5 nitrogen and oxygen atoms in total. The predicted octanol–water partition coefficient (Wildman–Crippen LogP) is 2.81. The van der Waals surface area contributed by atoms with Crippen molar-refractivity contribution in [2.75, 3.05) is 6.54 Å². The van der Waals surface area contributed by atoms with Crippen LogP contribution in [0.1, 0.15) is 37.1 Å². The van der Waals surface area contributed by atoms with Crippen LogP contribution in [0.5, 0.6) is 0 Å². The lowest BCUT2D eigenvalue weighted by atomic mass is 9.99. The molecule has 7 heteroatoms. The largest absolute Gasteiger partial charge is 0.441 e. The van der Waals surface area contributed by atoms with E-state index >= 15 is 0 Å². The number of aromatic nitrogens is 1. The highest BCUT2D eigenvalue weighted by atomic mass is 19.1. The topological polar surface area (TPSA) is 66.6 Å². The molecule has 25 heavy (non-hydrogen) atoms. The van der Waals surface area contributed by atoms with Gasteiger partial charge in [-0.15, -0.1) is 0 Å². The quantitative estimate of drug-likeness (QED) is 0.906. The lowest BCUT2D eigenvalue weighted by molar-refractivity contribution is -0.151. The summed E-state index contributed by atoms with van der Waals surface area (Å²) in [7, 11) is 0. The van der Waals surface area contributed by atoms with E-state index in [1.54, 1.807) is 4.90 Å². The minimum absolute atomic E-state index is 0.136. The Labute approximate surface area is 143 Å². The molecule has 132 valence electrons. The van der Waals surface area contributed by atoms with Crippen LogP contribution in [-0.4, -0.2) is 33.0 Å². The van der Waals surface area contributed by atoms with Crippen molar-refractivity contribution in [3.63, 3.8) is 0 Å². The Morgan fingerprint density at radius 1 is 1.20 bits per heavy atom. The fourth-order valence-electron chi connectivity index (χ4n) is 3.64. The van der Waals surface area contributed by atoms with E-state index in [-0.39, 0.29) is 23.9 Å². The van der Waals surface area contributed by atoms with Gasteiger partial charge in [0.15, 0.2) is 0 Å². The second-order valence-corrected chi connectivity index (χ2v) is 6.76. The first-order valence-electron chi connectivity index (χ1n) is 8.41. The van der Waals surface area contributed by atoms with Gasteiger partial charge in [0, 0.05) is 24.6 Å². The molecule has 1 aliphatic heterocycles. The Morgan fingerprint density at radius 3 is 2.56 bits per heavy atom. The molecule has 0 atom stereocenters. The number of benzene rings is 1. The number of nitrogens with zero attached hydrogens (tertiary/aromatic N) is 2. The number of fused-ring (bicyclic) bond motifs is 1. The van der Waals surface area contributed by atoms with Gasteiger partial charge >= 0.3 is 0 Å². The number of rotatable bonds is 2. The average Bonchev–Trinajstić information content (AvgIpc) is 3.19. The van der Waals surface area contributed by atoms with E-state index in [0.29, 0.717) is 37.3 Å². The van der Waals surface area contributed by atoms with Gasteiger partial charge in [0.2, 0.25) is 5.89 Å². The number of hydrogen-bond donors (Lipinski definition) is 1. The summed E-state index contributed by atoms with van der Waals surface area (Å²) in [6.45, 7) is 0.665. The van der Waals surface area contributed by atoms with Crippen LogP contribution in [0.15, 0.2) is 22.6 Å². The van der Waals surface area contributed by atoms with E-state index < -0.39 is 17.2 Å². The van der Waals surface area contributed by atoms with E-state index in [4.69, 9.17) is 4.42 Å². The molecule has 1 amide bonds. The van der Waals surface area contributed by atoms with E-state index in [0.717, 1.165) is 31.0 Å². The first kappa shape index (κ1) is 16.2. The standard InChI is InChI=1S/C18H18F2N2O3/c19-12-7-11(8-13(20)9-12)16-21-14-10-22(6-3-15(14)25-16)17(23)18(24)4-1-2-5-18/h7-9,24H,1-6,10H2. The van der Waals surface area contributed by atoms with Gasteiger partial charge in [0.05, 0.1) is 6.54 Å². The Morgan fingerprint density at radius 2 is 1.88 bits per heavy atom.